The summed E-state index contributed by atoms with van der Waals surface area (Å²) in [6, 6.07) is 2.33. The minimum atomic E-state index is -1.43. The van der Waals surface area contributed by atoms with Crippen LogP contribution in [0.4, 0.5) is 0 Å². The van der Waals surface area contributed by atoms with Crippen LogP contribution in [0.25, 0.3) is 11.0 Å². The highest BCUT2D eigenvalue weighted by Crippen LogP contribution is 2.65. The van der Waals surface area contributed by atoms with Gasteiger partial charge in [0, 0.05) is 6.07 Å². The van der Waals surface area contributed by atoms with Crippen molar-refractivity contribution in [2.24, 2.45) is 16.7 Å². The highest BCUT2D eigenvalue weighted by molar-refractivity contribution is 6.23. The molecule has 6 nitrogen and oxygen atoms in total. The second-order valence-electron chi connectivity index (χ2n) is 14.3. The van der Waals surface area contributed by atoms with Gasteiger partial charge in [-0.2, -0.15) is 0 Å². The molecule has 2 bridgehead atoms. The lowest BCUT2D eigenvalue weighted by atomic mass is 9.40. The largest absolute Gasteiger partial charge is 0.504 e. The number of ketones is 2. The molecule has 1 aromatic heterocycles. The molecule has 2 aliphatic carbocycles. The molecule has 0 aliphatic heterocycles. The van der Waals surface area contributed by atoms with Crippen molar-refractivity contribution >= 4 is 22.5 Å². The summed E-state index contributed by atoms with van der Waals surface area (Å²) >= 11 is 0. The molecule has 1 fully saturated rings. The first-order chi connectivity index (χ1) is 20.5. The number of carbonyl (C=O) groups is 2. The fourth-order valence-electron chi connectivity index (χ4n) is 7.24. The van der Waals surface area contributed by atoms with E-state index in [1.54, 1.807) is 0 Å². The van der Waals surface area contributed by atoms with Gasteiger partial charge in [0.05, 0.1) is 16.2 Å². The number of hydrogen-bond acceptors (Lipinski definition) is 6. The van der Waals surface area contributed by atoms with Gasteiger partial charge in [-0.15, -0.1) is 0 Å². The average Bonchev–Trinajstić information content (AvgIpc) is 2.92. The average molecular weight is 601 g/mol. The van der Waals surface area contributed by atoms with Gasteiger partial charge < -0.3 is 14.6 Å². The number of fused-ring (bicyclic) bond motifs is 5. The smallest absolute Gasteiger partial charge is 0.204 e. The minimum absolute atomic E-state index is 0.000297. The molecule has 2 N–H and O–H groups in total. The molecule has 1 aromatic carbocycles. The van der Waals surface area contributed by atoms with Crippen LogP contribution < -0.4 is 5.43 Å². The Morgan fingerprint density at radius 1 is 0.864 bits per heavy atom. The Morgan fingerprint density at radius 3 is 2.09 bits per heavy atom. The van der Waals surface area contributed by atoms with E-state index in [1.807, 2.05) is 46.8 Å². The molecule has 0 saturated heterocycles. The molecule has 2 aromatic rings. The number of rotatable bonds is 9. The van der Waals surface area contributed by atoms with E-state index < -0.39 is 39.0 Å². The first-order valence-electron chi connectivity index (χ1n) is 15.7. The molecule has 0 unspecified atom stereocenters. The Balaban J connectivity index is 2.09. The van der Waals surface area contributed by atoms with Crippen LogP contribution in [-0.4, -0.2) is 21.8 Å². The molecule has 1 saturated carbocycles. The van der Waals surface area contributed by atoms with Crippen molar-refractivity contribution in [1.29, 1.82) is 0 Å². The highest BCUT2D eigenvalue weighted by atomic mass is 16.3. The van der Waals surface area contributed by atoms with Crippen LogP contribution >= 0.6 is 0 Å². The van der Waals surface area contributed by atoms with Crippen molar-refractivity contribution in [1.82, 2.24) is 0 Å². The Hall–Kier alpha value is -3.67. The lowest BCUT2D eigenvalue weighted by Gasteiger charge is -2.60. The molecule has 44 heavy (non-hydrogen) atoms. The zero-order valence-corrected chi connectivity index (χ0v) is 27.8. The van der Waals surface area contributed by atoms with Crippen LogP contribution in [0.2, 0.25) is 0 Å². The van der Waals surface area contributed by atoms with Gasteiger partial charge in [0.1, 0.15) is 16.9 Å². The predicted molar refractivity (Wildman–Crippen MR) is 176 cm³/mol. The minimum Gasteiger partial charge on any atom is -0.504 e. The van der Waals surface area contributed by atoms with Crippen LogP contribution in [0, 0.1) is 16.7 Å². The third kappa shape index (κ3) is 5.41. The molecule has 236 valence electrons. The lowest BCUT2D eigenvalue weighted by molar-refractivity contribution is -0.151. The monoisotopic (exact) mass is 600 g/mol. The van der Waals surface area contributed by atoms with Gasteiger partial charge in [-0.1, -0.05) is 60.4 Å². The standard InChI is InChI=1S/C38H48O6/c1-22(2)11-10-12-25(7)16-17-37-21-26(14-13-23(3)4)36(8,9)38(35(37)43,18-15-24(5)6)34-31(33(37)42)32(41)27-19-28(39)29(40)20-30(27)44-34/h11,13,15-16,19-20,26,39-40H,10,12,14,17-18,21H2,1-9H3/t26-,37+,38-/m0/s1. The Kier molecular flexibility index (Phi) is 9.08. The summed E-state index contributed by atoms with van der Waals surface area (Å²) in [6.07, 6.45) is 11.5. The zero-order valence-electron chi connectivity index (χ0n) is 27.8. The predicted octanol–water partition coefficient (Wildman–Crippen LogP) is 9.04. The number of phenols is 2. The molecule has 0 amide bonds. The maximum atomic E-state index is 15.3. The van der Waals surface area contributed by atoms with E-state index in [4.69, 9.17) is 4.42 Å². The van der Waals surface area contributed by atoms with Gasteiger partial charge in [0.2, 0.25) is 5.43 Å². The molecular formula is C38H48O6. The van der Waals surface area contributed by atoms with E-state index >= 15 is 4.79 Å². The SMILES string of the molecule is CC(C)=CCCC(C)=CC[C@]12C[C@H](CC=C(C)C)C(C)(C)[C@](CC=C(C)C)(C1=O)c1oc3cc(O)c(O)cc3c(=O)c1C2=O. The van der Waals surface area contributed by atoms with Crippen LogP contribution in [0.1, 0.15) is 117 Å². The Bertz CT molecular complexity index is 1680. The quantitative estimate of drug-likeness (QED) is 0.169. The summed E-state index contributed by atoms with van der Waals surface area (Å²) in [7, 11) is 0. The summed E-state index contributed by atoms with van der Waals surface area (Å²) in [5.41, 5.74) is 0.408. The summed E-state index contributed by atoms with van der Waals surface area (Å²) in [5, 5.41) is 20.5. The maximum absolute atomic E-state index is 15.3. The molecule has 3 atom stereocenters. The summed E-state index contributed by atoms with van der Waals surface area (Å²) in [5.74, 6) is -1.60. The van der Waals surface area contributed by atoms with Crippen molar-refractivity contribution < 1.29 is 24.2 Å². The van der Waals surface area contributed by atoms with E-state index in [-0.39, 0.29) is 46.8 Å². The molecule has 6 heteroatoms. The van der Waals surface area contributed by atoms with E-state index in [0.29, 0.717) is 12.8 Å². The number of aromatic hydroxyl groups is 2. The fraction of sp³-hybridized carbons (Fsp3) is 0.500. The number of Topliss-reactive ketones (excluding diaryl/α,β-unsaturated/α-hetero) is 2. The van der Waals surface area contributed by atoms with Gasteiger partial charge in [-0.25, -0.2) is 0 Å². The van der Waals surface area contributed by atoms with E-state index in [2.05, 4.69) is 39.8 Å². The third-order valence-corrected chi connectivity index (χ3v) is 10.1. The molecule has 1 heterocycles. The Morgan fingerprint density at radius 2 is 1.48 bits per heavy atom. The highest BCUT2D eigenvalue weighted by Gasteiger charge is 2.72. The summed E-state index contributed by atoms with van der Waals surface area (Å²) in [4.78, 5) is 44.3. The van der Waals surface area contributed by atoms with Gasteiger partial charge in [0.25, 0.3) is 0 Å². The molecule has 0 radical (unpaired) electrons. The van der Waals surface area contributed by atoms with Crippen molar-refractivity contribution in [3.63, 3.8) is 0 Å². The van der Waals surface area contributed by atoms with Crippen molar-refractivity contribution in [2.75, 3.05) is 0 Å². The number of phenolic OH excluding ortho intramolecular Hbond substituents is 2. The van der Waals surface area contributed by atoms with Crippen molar-refractivity contribution in [3.05, 3.63) is 80.3 Å². The van der Waals surface area contributed by atoms with Crippen LogP contribution in [0.3, 0.4) is 0 Å². The second-order valence-corrected chi connectivity index (χ2v) is 14.3. The van der Waals surface area contributed by atoms with Crippen LogP contribution in [0.15, 0.2) is 67.9 Å². The first-order valence-corrected chi connectivity index (χ1v) is 15.7. The second kappa shape index (κ2) is 12.0. The molecule has 0 spiro atoms. The van der Waals surface area contributed by atoms with Gasteiger partial charge in [0.15, 0.2) is 23.1 Å². The third-order valence-electron chi connectivity index (χ3n) is 10.1. The van der Waals surface area contributed by atoms with Crippen LogP contribution in [-0.2, 0) is 10.2 Å². The molecular weight excluding hydrogens is 552 g/mol. The van der Waals surface area contributed by atoms with Crippen molar-refractivity contribution in [3.8, 4) is 11.5 Å². The van der Waals surface area contributed by atoms with Crippen LogP contribution in [0.5, 0.6) is 11.5 Å². The Labute approximate surface area is 261 Å². The van der Waals surface area contributed by atoms with Gasteiger partial charge in [-0.05, 0) is 104 Å². The number of hydrogen-bond donors (Lipinski definition) is 2. The first kappa shape index (κ1) is 33.2. The van der Waals surface area contributed by atoms with Gasteiger partial charge in [-0.3, -0.25) is 14.4 Å². The normalized spacial score (nSPS) is 24.1. The fourth-order valence-corrected chi connectivity index (χ4v) is 7.24. The summed E-state index contributed by atoms with van der Waals surface area (Å²) in [6.45, 7) is 18.3. The maximum Gasteiger partial charge on any atom is 0.204 e. The zero-order chi connectivity index (χ0) is 32.8. The molecule has 4 rings (SSSR count). The van der Waals surface area contributed by atoms with E-state index in [0.717, 1.165) is 35.6 Å². The number of benzene rings is 1. The summed E-state index contributed by atoms with van der Waals surface area (Å²) < 4.78 is 6.44. The lowest BCUT2D eigenvalue weighted by Crippen LogP contribution is -2.68. The topological polar surface area (TPSA) is 105 Å². The van der Waals surface area contributed by atoms with E-state index in [9.17, 15) is 19.8 Å². The number of carbonyl (C=O) groups excluding carboxylic acids is 2. The molecule has 2 aliphatic rings. The number of allylic oxidation sites excluding steroid dienone is 8. The van der Waals surface area contributed by atoms with E-state index in [1.165, 1.54) is 11.6 Å². The van der Waals surface area contributed by atoms with Gasteiger partial charge >= 0.3 is 0 Å². The van der Waals surface area contributed by atoms with Crippen molar-refractivity contribution in [2.45, 2.75) is 106 Å².